The van der Waals surface area contributed by atoms with Gasteiger partial charge in [-0.05, 0) is 43.0 Å². The molecule has 0 aromatic heterocycles. The molecule has 0 aliphatic carbocycles. The van der Waals surface area contributed by atoms with Crippen LogP contribution in [0.15, 0.2) is 18.2 Å². The number of likely N-dealkylation sites (tertiary alicyclic amines) is 1. The monoisotopic (exact) mass is 302 g/mol. The highest BCUT2D eigenvalue weighted by Gasteiger charge is 2.27. The van der Waals surface area contributed by atoms with Crippen LogP contribution in [0.5, 0.6) is 0 Å². The van der Waals surface area contributed by atoms with E-state index in [0.29, 0.717) is 18.7 Å². The first-order chi connectivity index (χ1) is 9.13. The van der Waals surface area contributed by atoms with Crippen molar-refractivity contribution in [3.63, 3.8) is 0 Å². The zero-order valence-corrected chi connectivity index (χ0v) is 13.0. The summed E-state index contributed by atoms with van der Waals surface area (Å²) < 4.78 is 18.8. The van der Waals surface area contributed by atoms with Gasteiger partial charge in [0.25, 0.3) is 0 Å². The average Bonchev–Trinajstić information content (AvgIpc) is 2.43. The van der Waals surface area contributed by atoms with E-state index in [-0.39, 0.29) is 18.2 Å². The zero-order valence-electron chi connectivity index (χ0n) is 12.1. The van der Waals surface area contributed by atoms with Crippen LogP contribution < -0.4 is 5.73 Å². The molecule has 5 heteroatoms. The number of methoxy groups -OCH3 is 1. The van der Waals surface area contributed by atoms with E-state index in [2.05, 4.69) is 4.90 Å². The number of aryl methyl sites for hydroxylation is 1. The van der Waals surface area contributed by atoms with Crippen molar-refractivity contribution in [3.05, 3.63) is 35.1 Å². The number of rotatable bonds is 4. The van der Waals surface area contributed by atoms with E-state index >= 15 is 0 Å². The minimum atomic E-state index is -0.170. The van der Waals surface area contributed by atoms with Crippen LogP contribution in [0, 0.1) is 12.7 Å². The summed E-state index contributed by atoms with van der Waals surface area (Å²) in [5, 5.41) is 0. The third kappa shape index (κ3) is 4.16. The lowest BCUT2D eigenvalue weighted by atomic mass is 9.97. The molecule has 3 nitrogen and oxygen atoms in total. The fraction of sp³-hybridized carbons (Fsp3) is 0.600. The summed E-state index contributed by atoms with van der Waals surface area (Å²) in [4.78, 5) is 2.34. The zero-order chi connectivity index (χ0) is 13.8. The van der Waals surface area contributed by atoms with Gasteiger partial charge in [0.05, 0.1) is 6.10 Å². The second kappa shape index (κ2) is 7.93. The van der Waals surface area contributed by atoms with Crippen LogP contribution in [0.4, 0.5) is 4.39 Å². The molecule has 2 N–H and O–H groups in total. The number of benzene rings is 1. The maximum atomic E-state index is 13.3. The first-order valence-corrected chi connectivity index (χ1v) is 6.86. The van der Waals surface area contributed by atoms with Crippen LogP contribution in [0.2, 0.25) is 0 Å². The van der Waals surface area contributed by atoms with Gasteiger partial charge in [0.15, 0.2) is 0 Å². The van der Waals surface area contributed by atoms with Crippen molar-refractivity contribution in [1.82, 2.24) is 4.90 Å². The van der Waals surface area contributed by atoms with Gasteiger partial charge in [-0.3, -0.25) is 4.90 Å². The van der Waals surface area contributed by atoms with Gasteiger partial charge in [-0.25, -0.2) is 4.39 Å². The molecule has 0 spiro atoms. The van der Waals surface area contributed by atoms with Gasteiger partial charge in [0.2, 0.25) is 0 Å². The van der Waals surface area contributed by atoms with Gasteiger partial charge >= 0.3 is 0 Å². The van der Waals surface area contributed by atoms with E-state index < -0.39 is 0 Å². The SMILES string of the molecule is COC1CCN(Cc2cc(F)ccc2C)C(CN)C1.Cl. The van der Waals surface area contributed by atoms with E-state index in [1.165, 1.54) is 6.07 Å². The van der Waals surface area contributed by atoms with E-state index in [0.717, 1.165) is 37.1 Å². The predicted octanol–water partition coefficient (Wildman–Crippen LogP) is 2.49. The van der Waals surface area contributed by atoms with Gasteiger partial charge in [-0.15, -0.1) is 12.4 Å². The molecule has 1 aromatic rings. The second-order valence-corrected chi connectivity index (χ2v) is 5.31. The first-order valence-electron chi connectivity index (χ1n) is 6.86. The standard InChI is InChI=1S/C15H23FN2O.ClH/c1-11-3-4-13(16)7-12(11)10-18-6-5-15(19-2)8-14(18)9-17;/h3-4,7,14-15H,5-6,8-10,17H2,1-2H3;1H. The van der Waals surface area contributed by atoms with Crippen LogP contribution >= 0.6 is 12.4 Å². The number of halogens is 2. The average molecular weight is 303 g/mol. The predicted molar refractivity (Wildman–Crippen MR) is 81.7 cm³/mol. The molecule has 1 heterocycles. The molecule has 20 heavy (non-hydrogen) atoms. The molecule has 0 saturated carbocycles. The number of hydrogen-bond donors (Lipinski definition) is 1. The molecule has 1 aromatic carbocycles. The fourth-order valence-corrected chi connectivity index (χ4v) is 2.76. The maximum Gasteiger partial charge on any atom is 0.123 e. The highest BCUT2D eigenvalue weighted by molar-refractivity contribution is 5.85. The summed E-state index contributed by atoms with van der Waals surface area (Å²) in [7, 11) is 1.75. The second-order valence-electron chi connectivity index (χ2n) is 5.31. The number of ether oxygens (including phenoxy) is 1. The quantitative estimate of drug-likeness (QED) is 0.929. The van der Waals surface area contributed by atoms with E-state index in [1.54, 1.807) is 13.2 Å². The van der Waals surface area contributed by atoms with Crippen LogP contribution in [0.3, 0.4) is 0 Å². The van der Waals surface area contributed by atoms with Gasteiger partial charge < -0.3 is 10.5 Å². The van der Waals surface area contributed by atoms with Gasteiger partial charge in [0, 0.05) is 32.8 Å². The molecule has 1 aliphatic rings. The first kappa shape index (κ1) is 17.4. The third-order valence-electron chi connectivity index (χ3n) is 4.08. The highest BCUT2D eigenvalue weighted by Crippen LogP contribution is 2.22. The molecule has 0 amide bonds. The maximum absolute atomic E-state index is 13.3. The molecule has 1 aliphatic heterocycles. The number of nitrogens with zero attached hydrogens (tertiary/aromatic N) is 1. The van der Waals surface area contributed by atoms with E-state index in [9.17, 15) is 4.39 Å². The summed E-state index contributed by atoms with van der Waals surface area (Å²) in [6, 6.07) is 5.30. The lowest BCUT2D eigenvalue weighted by molar-refractivity contribution is 0.0101. The molecule has 2 unspecified atom stereocenters. The Bertz CT molecular complexity index is 430. The smallest absolute Gasteiger partial charge is 0.123 e. The van der Waals surface area contributed by atoms with Crippen molar-refractivity contribution in [2.75, 3.05) is 20.2 Å². The van der Waals surface area contributed by atoms with Gasteiger partial charge in [-0.1, -0.05) is 6.07 Å². The fourth-order valence-electron chi connectivity index (χ4n) is 2.76. The molecule has 1 saturated heterocycles. The Morgan fingerprint density at radius 3 is 2.85 bits per heavy atom. The van der Waals surface area contributed by atoms with Crippen LogP contribution in [-0.4, -0.2) is 37.2 Å². The van der Waals surface area contributed by atoms with Crippen molar-refractivity contribution >= 4 is 12.4 Å². The molecule has 0 radical (unpaired) electrons. The van der Waals surface area contributed by atoms with Crippen LogP contribution in [0.1, 0.15) is 24.0 Å². The number of hydrogen-bond acceptors (Lipinski definition) is 3. The normalized spacial score (nSPS) is 23.4. The van der Waals surface area contributed by atoms with Crippen LogP contribution in [-0.2, 0) is 11.3 Å². The summed E-state index contributed by atoms with van der Waals surface area (Å²) in [6.45, 7) is 4.36. The number of piperidine rings is 1. The van der Waals surface area contributed by atoms with Crippen molar-refractivity contribution in [2.45, 2.75) is 38.5 Å². The summed E-state index contributed by atoms with van der Waals surface area (Å²) >= 11 is 0. The highest BCUT2D eigenvalue weighted by atomic mass is 35.5. The largest absolute Gasteiger partial charge is 0.381 e. The van der Waals surface area contributed by atoms with Crippen molar-refractivity contribution < 1.29 is 9.13 Å². The molecule has 1 fully saturated rings. The molecular weight excluding hydrogens is 279 g/mol. The minimum Gasteiger partial charge on any atom is -0.381 e. The minimum absolute atomic E-state index is 0. The van der Waals surface area contributed by atoms with Crippen molar-refractivity contribution in [2.24, 2.45) is 5.73 Å². The summed E-state index contributed by atoms with van der Waals surface area (Å²) in [6.07, 6.45) is 2.28. The Balaban J connectivity index is 0.00000200. The molecule has 2 atom stereocenters. The van der Waals surface area contributed by atoms with E-state index in [1.807, 2.05) is 13.0 Å². The summed E-state index contributed by atoms with van der Waals surface area (Å²) in [5.74, 6) is -0.170. The van der Waals surface area contributed by atoms with Gasteiger partial charge in [0.1, 0.15) is 5.82 Å². The summed E-state index contributed by atoms with van der Waals surface area (Å²) in [5.41, 5.74) is 8.04. The molecular formula is C15H24ClFN2O. The Morgan fingerprint density at radius 2 is 2.20 bits per heavy atom. The Morgan fingerprint density at radius 1 is 1.45 bits per heavy atom. The third-order valence-corrected chi connectivity index (χ3v) is 4.08. The molecule has 2 rings (SSSR count). The van der Waals surface area contributed by atoms with E-state index in [4.69, 9.17) is 10.5 Å². The number of nitrogens with two attached hydrogens (primary N) is 1. The van der Waals surface area contributed by atoms with Gasteiger partial charge in [-0.2, -0.15) is 0 Å². The lowest BCUT2D eigenvalue weighted by Gasteiger charge is -2.38. The Kier molecular flexibility index (Phi) is 6.89. The Hall–Kier alpha value is -0.680. The molecule has 0 bridgehead atoms. The van der Waals surface area contributed by atoms with Crippen LogP contribution in [0.25, 0.3) is 0 Å². The van der Waals surface area contributed by atoms with Crippen molar-refractivity contribution in [3.8, 4) is 0 Å². The Labute approximate surface area is 126 Å². The lowest BCUT2D eigenvalue weighted by Crippen LogP contribution is -2.48. The molecule has 114 valence electrons. The topological polar surface area (TPSA) is 38.5 Å². The van der Waals surface area contributed by atoms with Crippen molar-refractivity contribution in [1.29, 1.82) is 0 Å².